The molecule has 2 nitrogen and oxygen atoms in total. The molecule has 1 aliphatic rings. The third-order valence-corrected chi connectivity index (χ3v) is 4.49. The van der Waals surface area contributed by atoms with Gasteiger partial charge in [-0.3, -0.25) is 0 Å². The SMILES string of the molecule is CCCN(CCC)C1=CSc2cccc(OCC)c2C1. The van der Waals surface area contributed by atoms with Gasteiger partial charge in [0.1, 0.15) is 5.75 Å². The van der Waals surface area contributed by atoms with E-state index >= 15 is 0 Å². The molecule has 0 atom stereocenters. The average Bonchev–Trinajstić information content (AvgIpc) is 2.47. The van der Waals surface area contributed by atoms with Crippen LogP contribution >= 0.6 is 11.8 Å². The molecule has 0 aliphatic carbocycles. The van der Waals surface area contributed by atoms with Crippen LogP contribution in [0.4, 0.5) is 0 Å². The Hall–Kier alpha value is -1.09. The zero-order valence-corrected chi connectivity index (χ0v) is 13.6. The molecule has 0 amide bonds. The van der Waals surface area contributed by atoms with Gasteiger partial charge in [0.05, 0.1) is 6.61 Å². The van der Waals surface area contributed by atoms with E-state index in [-0.39, 0.29) is 0 Å². The summed E-state index contributed by atoms with van der Waals surface area (Å²) in [5, 5.41) is 2.32. The smallest absolute Gasteiger partial charge is 0.123 e. The highest BCUT2D eigenvalue weighted by Crippen LogP contribution is 2.38. The summed E-state index contributed by atoms with van der Waals surface area (Å²) >= 11 is 1.83. The molecule has 20 heavy (non-hydrogen) atoms. The Bertz CT molecular complexity index is 464. The van der Waals surface area contributed by atoms with Gasteiger partial charge in [0, 0.05) is 35.7 Å². The lowest BCUT2D eigenvalue weighted by Gasteiger charge is -2.30. The summed E-state index contributed by atoms with van der Waals surface area (Å²) in [4.78, 5) is 3.87. The number of allylic oxidation sites excluding steroid dienone is 1. The van der Waals surface area contributed by atoms with E-state index in [0.29, 0.717) is 0 Å². The van der Waals surface area contributed by atoms with Gasteiger partial charge in [-0.2, -0.15) is 0 Å². The maximum atomic E-state index is 5.79. The van der Waals surface area contributed by atoms with Crippen LogP contribution in [0.25, 0.3) is 0 Å². The second-order valence-corrected chi connectivity index (χ2v) is 5.97. The van der Waals surface area contributed by atoms with Crippen LogP contribution in [0.1, 0.15) is 39.2 Å². The quantitative estimate of drug-likeness (QED) is 0.722. The van der Waals surface area contributed by atoms with Crippen LogP contribution in [0, 0.1) is 0 Å². The topological polar surface area (TPSA) is 12.5 Å². The van der Waals surface area contributed by atoms with E-state index in [2.05, 4.69) is 42.4 Å². The molecule has 0 aromatic heterocycles. The predicted octanol–water partition coefficient (Wildman–Crippen LogP) is 4.70. The molecule has 0 bridgehead atoms. The van der Waals surface area contributed by atoms with E-state index in [1.54, 1.807) is 0 Å². The molecule has 0 spiro atoms. The van der Waals surface area contributed by atoms with Crippen LogP contribution < -0.4 is 4.74 Å². The van der Waals surface area contributed by atoms with Crippen LogP contribution in [0.3, 0.4) is 0 Å². The second kappa shape index (κ2) is 7.63. The summed E-state index contributed by atoms with van der Waals surface area (Å²) in [6.45, 7) is 9.57. The standard InChI is InChI=1S/C17H25NOS/c1-4-10-18(11-5-2)14-12-15-16(19-6-3)8-7-9-17(15)20-13-14/h7-9,13H,4-6,10-12H2,1-3H3. The molecule has 1 aliphatic heterocycles. The van der Waals surface area contributed by atoms with E-state index < -0.39 is 0 Å². The van der Waals surface area contributed by atoms with Crippen molar-refractivity contribution < 1.29 is 4.74 Å². The number of benzene rings is 1. The van der Waals surface area contributed by atoms with E-state index in [1.807, 2.05) is 18.7 Å². The number of rotatable bonds is 7. The van der Waals surface area contributed by atoms with Crippen LogP contribution in [0.15, 0.2) is 34.2 Å². The number of hydrogen-bond donors (Lipinski definition) is 0. The molecular weight excluding hydrogens is 266 g/mol. The molecule has 0 radical (unpaired) electrons. The third kappa shape index (κ3) is 3.51. The highest BCUT2D eigenvalue weighted by molar-refractivity contribution is 8.02. The first-order valence-corrected chi connectivity index (χ1v) is 8.53. The largest absolute Gasteiger partial charge is 0.494 e. The molecule has 0 saturated carbocycles. The van der Waals surface area contributed by atoms with Gasteiger partial charge >= 0.3 is 0 Å². The van der Waals surface area contributed by atoms with Gasteiger partial charge in [0.25, 0.3) is 0 Å². The zero-order chi connectivity index (χ0) is 14.4. The van der Waals surface area contributed by atoms with Crippen molar-refractivity contribution >= 4 is 11.8 Å². The van der Waals surface area contributed by atoms with Gasteiger partial charge in [-0.15, -0.1) is 0 Å². The van der Waals surface area contributed by atoms with Crippen LogP contribution in [-0.4, -0.2) is 24.6 Å². The van der Waals surface area contributed by atoms with Gasteiger partial charge in [0.2, 0.25) is 0 Å². The second-order valence-electron chi connectivity index (χ2n) is 5.06. The normalized spacial score (nSPS) is 13.7. The van der Waals surface area contributed by atoms with Crippen molar-refractivity contribution in [1.29, 1.82) is 0 Å². The van der Waals surface area contributed by atoms with Crippen molar-refractivity contribution in [3.8, 4) is 5.75 Å². The molecule has 110 valence electrons. The van der Waals surface area contributed by atoms with Crippen molar-refractivity contribution in [1.82, 2.24) is 4.90 Å². The van der Waals surface area contributed by atoms with E-state index in [9.17, 15) is 0 Å². The van der Waals surface area contributed by atoms with Crippen molar-refractivity contribution in [3.63, 3.8) is 0 Å². The summed E-state index contributed by atoms with van der Waals surface area (Å²) in [5.41, 5.74) is 2.80. The van der Waals surface area contributed by atoms with Gasteiger partial charge in [-0.25, -0.2) is 0 Å². The number of ether oxygens (including phenoxy) is 1. The Balaban J connectivity index is 2.20. The average molecular weight is 291 g/mol. The fourth-order valence-electron chi connectivity index (χ4n) is 2.60. The lowest BCUT2D eigenvalue weighted by molar-refractivity contribution is 0.324. The van der Waals surface area contributed by atoms with Gasteiger partial charge in [0.15, 0.2) is 0 Å². The van der Waals surface area contributed by atoms with Crippen LogP contribution in [-0.2, 0) is 6.42 Å². The van der Waals surface area contributed by atoms with Crippen LogP contribution in [0.2, 0.25) is 0 Å². The molecule has 2 rings (SSSR count). The minimum absolute atomic E-state index is 0.730. The summed E-state index contributed by atoms with van der Waals surface area (Å²) < 4.78 is 5.79. The lowest BCUT2D eigenvalue weighted by Crippen LogP contribution is -2.27. The van der Waals surface area contributed by atoms with Gasteiger partial charge in [-0.05, 0) is 37.3 Å². The molecule has 3 heteroatoms. The lowest BCUT2D eigenvalue weighted by atomic mass is 10.1. The fourth-order valence-corrected chi connectivity index (χ4v) is 3.57. The first kappa shape index (κ1) is 15.3. The maximum Gasteiger partial charge on any atom is 0.123 e. The maximum absolute atomic E-state index is 5.79. The molecule has 0 fully saturated rings. The van der Waals surface area contributed by atoms with Gasteiger partial charge < -0.3 is 9.64 Å². The minimum Gasteiger partial charge on any atom is -0.494 e. The highest BCUT2D eigenvalue weighted by atomic mass is 32.2. The van der Waals surface area contributed by atoms with E-state index in [1.165, 1.54) is 29.0 Å². The minimum atomic E-state index is 0.730. The Labute approximate surface area is 127 Å². The summed E-state index contributed by atoms with van der Waals surface area (Å²) in [6.07, 6.45) is 3.39. The fraction of sp³-hybridized carbons (Fsp3) is 0.529. The highest BCUT2D eigenvalue weighted by Gasteiger charge is 2.19. The zero-order valence-electron chi connectivity index (χ0n) is 12.8. The third-order valence-electron chi connectivity index (χ3n) is 3.46. The van der Waals surface area contributed by atoms with Gasteiger partial charge in [-0.1, -0.05) is 31.7 Å². The first-order valence-electron chi connectivity index (χ1n) is 7.65. The number of hydrogen-bond acceptors (Lipinski definition) is 3. The number of nitrogens with zero attached hydrogens (tertiary/aromatic N) is 1. The molecule has 1 heterocycles. The van der Waals surface area contributed by atoms with Crippen molar-refractivity contribution in [2.45, 2.75) is 44.9 Å². The van der Waals surface area contributed by atoms with E-state index in [0.717, 1.165) is 31.9 Å². The Morgan fingerprint density at radius 1 is 1.15 bits per heavy atom. The van der Waals surface area contributed by atoms with Crippen molar-refractivity contribution in [3.05, 3.63) is 34.9 Å². The predicted molar refractivity (Wildman–Crippen MR) is 87.4 cm³/mol. The van der Waals surface area contributed by atoms with Crippen molar-refractivity contribution in [2.75, 3.05) is 19.7 Å². The van der Waals surface area contributed by atoms with E-state index in [4.69, 9.17) is 4.74 Å². The summed E-state index contributed by atoms with van der Waals surface area (Å²) in [6, 6.07) is 6.38. The number of thioether (sulfide) groups is 1. The molecule has 1 aromatic carbocycles. The molecule has 0 N–H and O–H groups in total. The Morgan fingerprint density at radius 2 is 1.90 bits per heavy atom. The monoisotopic (exact) mass is 291 g/mol. The molecule has 1 aromatic rings. The Morgan fingerprint density at radius 3 is 2.55 bits per heavy atom. The Kier molecular flexibility index (Phi) is 5.84. The van der Waals surface area contributed by atoms with Crippen molar-refractivity contribution in [2.24, 2.45) is 0 Å². The van der Waals surface area contributed by atoms with Crippen LogP contribution in [0.5, 0.6) is 5.75 Å². The molecule has 0 saturated heterocycles. The molecular formula is C17H25NOS. The number of fused-ring (bicyclic) bond motifs is 1. The summed E-state index contributed by atoms with van der Waals surface area (Å²) in [7, 11) is 0. The first-order chi connectivity index (χ1) is 9.80. The summed E-state index contributed by atoms with van der Waals surface area (Å²) in [5.74, 6) is 1.05. The molecule has 0 unspecified atom stereocenters.